The lowest BCUT2D eigenvalue weighted by molar-refractivity contribution is -0.377. The Morgan fingerprint density at radius 2 is 1.38 bits per heavy atom. The van der Waals surface area contributed by atoms with E-state index in [1.807, 2.05) is 0 Å². The van der Waals surface area contributed by atoms with Crippen LogP contribution in [0.1, 0.15) is 107 Å². The number of carbonyl (C=O) groups is 1. The molecule has 8 aliphatic rings. The minimum Gasteiger partial charge on any atom is -0.462 e. The Bertz CT molecular complexity index is 1800. The normalized spacial score (nSPS) is 53.3. The average Bonchev–Trinajstić information content (AvgIpc) is 3.23. The lowest BCUT2D eigenvalue weighted by Gasteiger charge is -2.72. The monoisotopic (exact) mass is 943 g/mol. The van der Waals surface area contributed by atoms with E-state index in [9.17, 15) is 55.9 Å². The topological polar surface area (TPSA) is 284 Å². The standard InChI is InChI=1S/C48H78O18/c1-22(51)62-32-17-47(8)23(24-15-43(2,3)16-30(53)48(24,32)21-50)9-10-29-45(6)13-12-31(44(4,5)28(45)11-14-46(29,47)7)65-40-38(59)35(56)27(20-61-40)64-42-39(36(57)34(55)26(18-49)63-42)66-41-37(58)33(54)25(52)19-60-41/h9,24-42,49-50,52-59H,10-21H2,1-8H3. The molecule has 0 spiro atoms. The van der Waals surface area contributed by atoms with Crippen LogP contribution in [-0.4, -0.2) is 182 Å². The van der Waals surface area contributed by atoms with Crippen LogP contribution in [0.25, 0.3) is 0 Å². The maximum absolute atomic E-state index is 12.8. The number of hydrogen-bond donors (Lipinski definition) is 10. The summed E-state index contributed by atoms with van der Waals surface area (Å²) in [5, 5.41) is 108. The van der Waals surface area contributed by atoms with Crippen molar-refractivity contribution in [1.82, 2.24) is 0 Å². The molecule has 3 heterocycles. The van der Waals surface area contributed by atoms with Crippen LogP contribution >= 0.6 is 0 Å². The molecule has 18 nitrogen and oxygen atoms in total. The van der Waals surface area contributed by atoms with Gasteiger partial charge >= 0.3 is 5.97 Å². The Balaban J connectivity index is 0.975. The van der Waals surface area contributed by atoms with Gasteiger partial charge in [-0.15, -0.1) is 0 Å². The van der Waals surface area contributed by atoms with Crippen molar-refractivity contribution in [2.24, 2.45) is 50.2 Å². The molecule has 23 atom stereocenters. The summed E-state index contributed by atoms with van der Waals surface area (Å²) in [5.41, 5.74) is -1.02. The summed E-state index contributed by atoms with van der Waals surface area (Å²) in [7, 11) is 0. The lowest BCUT2D eigenvalue weighted by atomic mass is 9.33. The second-order valence-corrected chi connectivity index (χ2v) is 23.4. The van der Waals surface area contributed by atoms with E-state index in [2.05, 4.69) is 54.5 Å². The maximum Gasteiger partial charge on any atom is 0.302 e. The molecule has 10 N–H and O–H groups in total. The van der Waals surface area contributed by atoms with Gasteiger partial charge in [-0.3, -0.25) is 4.79 Å². The fourth-order valence-corrected chi connectivity index (χ4v) is 15.2. The molecule has 0 radical (unpaired) electrons. The Morgan fingerprint density at radius 3 is 2.05 bits per heavy atom. The van der Waals surface area contributed by atoms with Crippen molar-refractivity contribution in [3.05, 3.63) is 11.6 Å². The number of aliphatic hydroxyl groups is 10. The van der Waals surface area contributed by atoms with Crippen molar-refractivity contribution >= 4 is 5.97 Å². The van der Waals surface area contributed by atoms with Gasteiger partial charge in [0, 0.05) is 6.92 Å². The number of allylic oxidation sites excluding steroid dienone is 2. The van der Waals surface area contributed by atoms with E-state index in [1.165, 1.54) is 12.5 Å². The first-order chi connectivity index (χ1) is 30.8. The number of aliphatic hydroxyl groups excluding tert-OH is 10. The third-order valence-electron chi connectivity index (χ3n) is 19.0. The van der Waals surface area contributed by atoms with Crippen LogP contribution in [0.5, 0.6) is 0 Å². The Hall–Kier alpha value is -1.43. The van der Waals surface area contributed by atoms with Crippen molar-refractivity contribution in [2.75, 3.05) is 26.4 Å². The molecule has 18 heteroatoms. The molecule has 0 bridgehead atoms. The minimum atomic E-state index is -1.76. The van der Waals surface area contributed by atoms with Gasteiger partial charge in [-0.2, -0.15) is 0 Å². The van der Waals surface area contributed by atoms with Crippen molar-refractivity contribution in [2.45, 2.75) is 205 Å². The first-order valence-electron chi connectivity index (χ1n) is 24.2. The van der Waals surface area contributed by atoms with Gasteiger partial charge in [-0.25, -0.2) is 0 Å². The van der Waals surface area contributed by atoms with Crippen molar-refractivity contribution in [3.63, 3.8) is 0 Å². The smallest absolute Gasteiger partial charge is 0.302 e. The van der Waals surface area contributed by atoms with Gasteiger partial charge < -0.3 is 84.2 Å². The van der Waals surface area contributed by atoms with Gasteiger partial charge in [0.15, 0.2) is 18.9 Å². The molecule has 4 saturated carbocycles. The summed E-state index contributed by atoms with van der Waals surface area (Å²) in [6.07, 6.45) is -13.6. The lowest BCUT2D eigenvalue weighted by Crippen LogP contribution is -2.69. The van der Waals surface area contributed by atoms with Crippen LogP contribution in [0.4, 0.5) is 0 Å². The summed E-state index contributed by atoms with van der Waals surface area (Å²) >= 11 is 0. The average molecular weight is 943 g/mol. The highest BCUT2D eigenvalue weighted by Crippen LogP contribution is 2.76. The molecular weight excluding hydrogens is 865 g/mol. The largest absolute Gasteiger partial charge is 0.462 e. The molecule has 23 unspecified atom stereocenters. The predicted molar refractivity (Wildman–Crippen MR) is 230 cm³/mol. The Kier molecular flexibility index (Phi) is 13.9. The molecule has 378 valence electrons. The summed E-state index contributed by atoms with van der Waals surface area (Å²) in [4.78, 5) is 12.8. The molecule has 0 amide bonds. The molecule has 3 aliphatic heterocycles. The van der Waals surface area contributed by atoms with Gasteiger partial charge in [-0.1, -0.05) is 60.1 Å². The Labute approximate surface area is 387 Å². The molecule has 3 saturated heterocycles. The fraction of sp³-hybridized carbons (Fsp3) is 0.938. The maximum atomic E-state index is 12.8. The van der Waals surface area contributed by atoms with Gasteiger partial charge in [0.25, 0.3) is 0 Å². The van der Waals surface area contributed by atoms with Gasteiger partial charge in [0.05, 0.1) is 44.1 Å². The molecule has 5 aliphatic carbocycles. The molecule has 66 heavy (non-hydrogen) atoms. The second-order valence-electron chi connectivity index (χ2n) is 23.4. The first-order valence-corrected chi connectivity index (χ1v) is 24.2. The Morgan fingerprint density at radius 1 is 0.712 bits per heavy atom. The van der Waals surface area contributed by atoms with E-state index < -0.39 is 122 Å². The van der Waals surface area contributed by atoms with Crippen molar-refractivity contribution < 1.29 is 89.0 Å². The van der Waals surface area contributed by atoms with Gasteiger partial charge in [-0.05, 0) is 96.2 Å². The number of ether oxygens (including phenoxy) is 7. The van der Waals surface area contributed by atoms with Crippen LogP contribution < -0.4 is 0 Å². The number of fused-ring (bicyclic) bond motifs is 7. The zero-order valence-corrected chi connectivity index (χ0v) is 39.8. The van der Waals surface area contributed by atoms with E-state index in [0.717, 1.165) is 32.1 Å². The van der Waals surface area contributed by atoms with E-state index in [1.54, 1.807) is 0 Å². The SMILES string of the molecule is CC(=O)OC1CC2(C)C(=CCC3C4(C)CCC(OC5OCC(OC6OC(CO)C(O)C(O)C6OC6OCC(O)C(O)C6O)C(O)C5O)C(C)(C)C4CCC32C)C2CC(C)(C)CC(O)C12CO. The highest BCUT2D eigenvalue weighted by atomic mass is 16.8. The molecule has 7 fully saturated rings. The van der Waals surface area contributed by atoms with Crippen molar-refractivity contribution in [1.29, 1.82) is 0 Å². The van der Waals surface area contributed by atoms with Crippen LogP contribution in [-0.2, 0) is 38.0 Å². The quantitative estimate of drug-likeness (QED) is 0.0851. The van der Waals surface area contributed by atoms with Gasteiger partial charge in [0.1, 0.15) is 67.1 Å². The fourth-order valence-electron chi connectivity index (χ4n) is 15.2. The van der Waals surface area contributed by atoms with Crippen LogP contribution in [0.15, 0.2) is 11.6 Å². The highest BCUT2D eigenvalue weighted by Gasteiger charge is 2.72. The summed E-state index contributed by atoms with van der Waals surface area (Å²) in [6.45, 7) is 15.6. The summed E-state index contributed by atoms with van der Waals surface area (Å²) in [6, 6.07) is 0. The highest BCUT2D eigenvalue weighted by molar-refractivity contribution is 5.66. The number of carbonyl (C=O) groups excluding carboxylic acids is 1. The van der Waals surface area contributed by atoms with E-state index in [0.29, 0.717) is 19.3 Å². The number of rotatable bonds is 9. The van der Waals surface area contributed by atoms with E-state index in [4.69, 9.17) is 33.2 Å². The summed E-state index contributed by atoms with van der Waals surface area (Å²) < 4.78 is 41.8. The molecule has 8 rings (SSSR count). The van der Waals surface area contributed by atoms with E-state index >= 15 is 0 Å². The zero-order valence-electron chi connectivity index (χ0n) is 39.8. The summed E-state index contributed by atoms with van der Waals surface area (Å²) in [5.74, 6) is -0.131. The van der Waals surface area contributed by atoms with Gasteiger partial charge in [0.2, 0.25) is 0 Å². The van der Waals surface area contributed by atoms with E-state index in [-0.39, 0.29) is 58.7 Å². The van der Waals surface area contributed by atoms with Crippen LogP contribution in [0.3, 0.4) is 0 Å². The minimum absolute atomic E-state index is 0.139. The second kappa shape index (κ2) is 18.0. The third kappa shape index (κ3) is 7.96. The predicted octanol–water partition coefficient (Wildman–Crippen LogP) is 0.405. The van der Waals surface area contributed by atoms with Crippen LogP contribution in [0, 0.1) is 50.2 Å². The first kappa shape index (κ1) is 50.9. The van der Waals surface area contributed by atoms with Crippen LogP contribution in [0.2, 0.25) is 0 Å². The number of hydrogen-bond acceptors (Lipinski definition) is 18. The zero-order chi connectivity index (χ0) is 48.3. The molecule has 0 aromatic rings. The van der Waals surface area contributed by atoms with Crippen molar-refractivity contribution in [3.8, 4) is 0 Å². The molecular formula is C48H78O18. The number of esters is 1. The molecule has 0 aromatic carbocycles. The molecule has 0 aromatic heterocycles. The third-order valence-corrected chi connectivity index (χ3v) is 19.0.